The first-order chi connectivity index (χ1) is 10.6. The molecule has 0 N–H and O–H groups in total. The first-order valence-corrected chi connectivity index (χ1v) is 6.54. The van der Waals surface area contributed by atoms with Gasteiger partial charge in [-0.1, -0.05) is 0 Å². The van der Waals surface area contributed by atoms with Gasteiger partial charge in [-0.3, -0.25) is 9.69 Å². The highest BCUT2D eigenvalue weighted by Crippen LogP contribution is 2.37. The molecule has 0 bridgehead atoms. The fraction of sp³-hybridized carbons (Fsp3) is 0.125. The van der Waals surface area contributed by atoms with Crippen molar-refractivity contribution in [2.24, 2.45) is 0 Å². The minimum Gasteiger partial charge on any atom is -0.482 e. The van der Waals surface area contributed by atoms with Gasteiger partial charge in [0.05, 0.1) is 18.4 Å². The van der Waals surface area contributed by atoms with Crippen LogP contribution in [0.4, 0.5) is 15.8 Å². The summed E-state index contributed by atoms with van der Waals surface area (Å²) in [6, 6.07) is 10.2. The van der Waals surface area contributed by atoms with E-state index >= 15 is 0 Å². The van der Waals surface area contributed by atoms with Gasteiger partial charge in [0, 0.05) is 5.69 Å². The number of rotatable bonds is 2. The number of halogens is 1. The van der Waals surface area contributed by atoms with Gasteiger partial charge in [0.1, 0.15) is 11.6 Å². The molecule has 0 aromatic heterocycles. The monoisotopic (exact) mass is 301 g/mol. The van der Waals surface area contributed by atoms with Crippen LogP contribution >= 0.6 is 0 Å². The Morgan fingerprint density at radius 3 is 2.64 bits per heavy atom. The van der Waals surface area contributed by atoms with E-state index in [2.05, 4.69) is 4.74 Å². The first kappa shape index (κ1) is 14.1. The second kappa shape index (κ2) is 5.48. The van der Waals surface area contributed by atoms with E-state index in [0.717, 1.165) is 0 Å². The minimum atomic E-state index is -0.514. The van der Waals surface area contributed by atoms with Crippen LogP contribution in [0.3, 0.4) is 0 Å². The predicted molar refractivity (Wildman–Crippen MR) is 76.8 cm³/mol. The molecule has 0 atom stereocenters. The lowest BCUT2D eigenvalue weighted by Gasteiger charge is -2.29. The Kier molecular flexibility index (Phi) is 3.50. The van der Waals surface area contributed by atoms with Crippen molar-refractivity contribution in [3.8, 4) is 5.75 Å². The number of hydrogen-bond acceptors (Lipinski definition) is 4. The first-order valence-electron chi connectivity index (χ1n) is 6.54. The van der Waals surface area contributed by atoms with Crippen LogP contribution in [-0.2, 0) is 9.53 Å². The third kappa shape index (κ3) is 2.39. The fourth-order valence-electron chi connectivity index (χ4n) is 2.27. The highest BCUT2D eigenvalue weighted by molar-refractivity contribution is 6.05. The van der Waals surface area contributed by atoms with Crippen molar-refractivity contribution in [3.63, 3.8) is 0 Å². The van der Waals surface area contributed by atoms with Crippen LogP contribution in [0, 0.1) is 5.82 Å². The molecule has 5 nitrogen and oxygen atoms in total. The summed E-state index contributed by atoms with van der Waals surface area (Å²) in [5, 5.41) is 0. The highest BCUT2D eigenvalue weighted by atomic mass is 19.1. The van der Waals surface area contributed by atoms with E-state index in [1.54, 1.807) is 12.1 Å². The molecule has 0 spiro atoms. The Balaban J connectivity index is 2.10. The smallest absolute Gasteiger partial charge is 0.337 e. The van der Waals surface area contributed by atoms with Crippen LogP contribution in [0.25, 0.3) is 0 Å². The quantitative estimate of drug-likeness (QED) is 0.800. The van der Waals surface area contributed by atoms with E-state index in [1.165, 1.54) is 42.3 Å². The molecule has 1 heterocycles. The molecule has 112 valence electrons. The predicted octanol–water partition coefficient (Wildman–Crippen LogP) is 2.67. The van der Waals surface area contributed by atoms with Gasteiger partial charge in [-0.25, -0.2) is 9.18 Å². The van der Waals surface area contributed by atoms with E-state index in [1.807, 2.05) is 0 Å². The van der Waals surface area contributed by atoms with Crippen LogP contribution in [0.5, 0.6) is 5.75 Å². The summed E-state index contributed by atoms with van der Waals surface area (Å²) in [5.74, 6) is -0.745. The molecular weight excluding hydrogens is 289 g/mol. The third-order valence-corrected chi connectivity index (χ3v) is 3.31. The molecule has 0 saturated carbocycles. The van der Waals surface area contributed by atoms with E-state index in [-0.39, 0.29) is 12.5 Å². The van der Waals surface area contributed by atoms with Gasteiger partial charge >= 0.3 is 5.97 Å². The van der Waals surface area contributed by atoms with Gasteiger partial charge in [-0.05, 0) is 42.5 Å². The molecule has 0 unspecified atom stereocenters. The molecule has 0 radical (unpaired) electrons. The van der Waals surface area contributed by atoms with Gasteiger partial charge in [0.2, 0.25) is 0 Å². The van der Waals surface area contributed by atoms with Crippen molar-refractivity contribution in [1.82, 2.24) is 0 Å². The van der Waals surface area contributed by atoms with E-state index in [4.69, 9.17) is 4.74 Å². The summed E-state index contributed by atoms with van der Waals surface area (Å²) in [7, 11) is 1.28. The fourth-order valence-corrected chi connectivity index (χ4v) is 2.27. The maximum absolute atomic E-state index is 13.1. The maximum Gasteiger partial charge on any atom is 0.337 e. The Hall–Kier alpha value is -2.89. The van der Waals surface area contributed by atoms with Crippen molar-refractivity contribution >= 4 is 23.3 Å². The van der Waals surface area contributed by atoms with Gasteiger partial charge in [-0.2, -0.15) is 0 Å². The molecule has 3 rings (SSSR count). The second-order valence-corrected chi connectivity index (χ2v) is 4.67. The molecule has 0 saturated heterocycles. The van der Waals surface area contributed by atoms with Crippen molar-refractivity contribution in [2.75, 3.05) is 18.6 Å². The van der Waals surface area contributed by atoms with Gasteiger partial charge in [-0.15, -0.1) is 0 Å². The average Bonchev–Trinajstić information content (AvgIpc) is 2.54. The van der Waals surface area contributed by atoms with Gasteiger partial charge in [0.15, 0.2) is 6.61 Å². The topological polar surface area (TPSA) is 55.8 Å². The van der Waals surface area contributed by atoms with Crippen molar-refractivity contribution in [1.29, 1.82) is 0 Å². The summed E-state index contributed by atoms with van der Waals surface area (Å²) in [6.07, 6.45) is 0. The van der Waals surface area contributed by atoms with Gasteiger partial charge in [0.25, 0.3) is 5.91 Å². The second-order valence-electron chi connectivity index (χ2n) is 4.67. The maximum atomic E-state index is 13.1. The summed E-state index contributed by atoms with van der Waals surface area (Å²) in [4.78, 5) is 25.2. The Morgan fingerprint density at radius 1 is 1.23 bits per heavy atom. The van der Waals surface area contributed by atoms with Crippen molar-refractivity contribution in [3.05, 3.63) is 53.8 Å². The summed E-state index contributed by atoms with van der Waals surface area (Å²) >= 11 is 0. The number of esters is 1. The van der Waals surface area contributed by atoms with Crippen LogP contribution in [0.2, 0.25) is 0 Å². The van der Waals surface area contributed by atoms with Crippen LogP contribution < -0.4 is 9.64 Å². The third-order valence-electron chi connectivity index (χ3n) is 3.31. The molecular formula is C16H12FNO4. The molecule has 2 aromatic carbocycles. The highest BCUT2D eigenvalue weighted by Gasteiger charge is 2.28. The van der Waals surface area contributed by atoms with Crippen LogP contribution in [-0.4, -0.2) is 25.6 Å². The molecule has 2 aromatic rings. The Morgan fingerprint density at radius 2 is 1.95 bits per heavy atom. The van der Waals surface area contributed by atoms with E-state index in [9.17, 15) is 14.0 Å². The molecule has 1 aliphatic heterocycles. The summed E-state index contributed by atoms with van der Waals surface area (Å²) < 4.78 is 23.1. The van der Waals surface area contributed by atoms with E-state index < -0.39 is 11.8 Å². The lowest BCUT2D eigenvalue weighted by Crippen LogP contribution is -2.35. The number of benzene rings is 2. The number of hydrogen-bond donors (Lipinski definition) is 0. The van der Waals surface area contributed by atoms with E-state index in [0.29, 0.717) is 22.7 Å². The SMILES string of the molecule is COC(=O)c1ccc2c(c1)N(c1ccc(F)cc1)C(=O)CO2. The number of amides is 1. The largest absolute Gasteiger partial charge is 0.482 e. The number of ether oxygens (including phenoxy) is 2. The van der Waals surface area contributed by atoms with Crippen molar-refractivity contribution < 1.29 is 23.5 Å². The Bertz CT molecular complexity index is 742. The van der Waals surface area contributed by atoms with Crippen LogP contribution in [0.15, 0.2) is 42.5 Å². The molecule has 6 heteroatoms. The minimum absolute atomic E-state index is 0.123. The molecule has 22 heavy (non-hydrogen) atoms. The number of carbonyl (C=O) groups is 2. The molecule has 0 fully saturated rings. The van der Waals surface area contributed by atoms with Gasteiger partial charge < -0.3 is 9.47 Å². The average molecular weight is 301 g/mol. The number of nitrogens with zero attached hydrogens (tertiary/aromatic N) is 1. The number of fused-ring (bicyclic) bond motifs is 1. The number of carbonyl (C=O) groups excluding carboxylic acids is 2. The summed E-state index contributed by atoms with van der Waals surface area (Å²) in [6.45, 7) is -0.123. The lowest BCUT2D eigenvalue weighted by atomic mass is 10.1. The number of anilines is 2. The molecule has 1 aliphatic rings. The zero-order chi connectivity index (χ0) is 15.7. The Labute approximate surface area is 125 Å². The summed E-state index contributed by atoms with van der Waals surface area (Å²) in [5.41, 5.74) is 1.22. The number of methoxy groups -OCH3 is 1. The normalized spacial score (nSPS) is 13.4. The zero-order valence-electron chi connectivity index (χ0n) is 11.7. The zero-order valence-corrected chi connectivity index (χ0v) is 11.7. The molecule has 0 aliphatic carbocycles. The van der Waals surface area contributed by atoms with Crippen LogP contribution in [0.1, 0.15) is 10.4 Å². The molecule has 1 amide bonds. The standard InChI is InChI=1S/C16H12FNO4/c1-21-16(20)10-2-7-14-13(8-10)18(15(19)9-22-14)12-5-3-11(17)4-6-12/h2-8H,9H2,1H3. The van der Waals surface area contributed by atoms with Crippen molar-refractivity contribution in [2.45, 2.75) is 0 Å². The lowest BCUT2D eigenvalue weighted by molar-refractivity contribution is -0.120.